The summed E-state index contributed by atoms with van der Waals surface area (Å²) in [5.41, 5.74) is 0.368. The second-order valence-electron chi connectivity index (χ2n) is 3.44. The van der Waals surface area contributed by atoms with Crippen LogP contribution in [0.1, 0.15) is 5.69 Å². The average molecular weight is 228 g/mol. The molecular weight excluding hydrogens is 216 g/mol. The molecule has 0 aliphatic carbocycles. The van der Waals surface area contributed by atoms with Gasteiger partial charge in [-0.2, -0.15) is 0 Å². The molecule has 0 bridgehead atoms. The van der Waals surface area contributed by atoms with Crippen LogP contribution in [0.4, 0.5) is 5.82 Å². The summed E-state index contributed by atoms with van der Waals surface area (Å²) in [6.07, 6.45) is 3.20. The van der Waals surface area contributed by atoms with E-state index in [1.165, 1.54) is 9.13 Å². The zero-order valence-corrected chi connectivity index (χ0v) is 9.50. The molecule has 86 valence electrons. The van der Waals surface area contributed by atoms with Crippen LogP contribution < -0.4 is 5.69 Å². The molecule has 5 heteroatoms. The first kappa shape index (κ1) is 11.1. The lowest BCUT2D eigenvalue weighted by Crippen LogP contribution is -2.22. The third kappa shape index (κ3) is 1.61. The lowest BCUT2D eigenvalue weighted by atomic mass is 10.4. The van der Waals surface area contributed by atoms with E-state index in [4.69, 9.17) is 0 Å². The van der Waals surface area contributed by atoms with Crippen molar-refractivity contribution in [1.82, 2.24) is 14.1 Å². The number of hydrogen-bond donors (Lipinski definition) is 0. The molecule has 0 atom stereocenters. The maximum atomic E-state index is 12.1. The highest BCUT2D eigenvalue weighted by molar-refractivity contribution is 5.61. The number of pyridine rings is 1. The van der Waals surface area contributed by atoms with Gasteiger partial charge >= 0.3 is 5.69 Å². The molecular formula is C12H12N4O. The van der Waals surface area contributed by atoms with Crippen LogP contribution in [0, 0.1) is 0 Å². The Morgan fingerprint density at radius 1 is 1.47 bits per heavy atom. The Labute approximate surface area is 98.4 Å². The molecule has 2 rings (SSSR count). The van der Waals surface area contributed by atoms with E-state index in [1.54, 1.807) is 31.5 Å². The molecule has 0 aromatic carbocycles. The Kier molecular flexibility index (Phi) is 2.74. The summed E-state index contributed by atoms with van der Waals surface area (Å²) in [4.78, 5) is 20.1. The topological polar surface area (TPSA) is 52.2 Å². The zero-order valence-electron chi connectivity index (χ0n) is 9.50. The Bertz CT molecular complexity index is 622. The minimum absolute atomic E-state index is 0.221. The van der Waals surface area contributed by atoms with Crippen molar-refractivity contribution in [3.8, 4) is 5.82 Å². The summed E-state index contributed by atoms with van der Waals surface area (Å²) in [6, 6.07) is 5.36. The number of imidazole rings is 1. The summed E-state index contributed by atoms with van der Waals surface area (Å²) in [7, 11) is 1.64. The fourth-order valence-electron chi connectivity index (χ4n) is 1.69. The molecule has 0 saturated heterocycles. The summed E-state index contributed by atoms with van der Waals surface area (Å²) in [5.74, 6) is 1.02. The molecule has 0 aliphatic heterocycles. The number of aromatic nitrogens is 3. The normalized spacial score (nSPS) is 10.2. The summed E-state index contributed by atoms with van der Waals surface area (Å²) < 4.78 is 2.87. The van der Waals surface area contributed by atoms with Crippen LogP contribution in [0.15, 0.2) is 40.8 Å². The third-order valence-electron chi connectivity index (χ3n) is 2.49. The first-order chi connectivity index (χ1) is 8.20. The van der Waals surface area contributed by atoms with Gasteiger partial charge in [-0.05, 0) is 24.9 Å². The lowest BCUT2D eigenvalue weighted by Gasteiger charge is -2.02. The van der Waals surface area contributed by atoms with Crippen molar-refractivity contribution in [2.45, 2.75) is 0 Å². The molecule has 0 N–H and O–H groups in total. The van der Waals surface area contributed by atoms with Crippen LogP contribution in [0.25, 0.3) is 11.9 Å². The van der Waals surface area contributed by atoms with Crippen molar-refractivity contribution < 1.29 is 0 Å². The molecule has 0 fully saturated rings. The van der Waals surface area contributed by atoms with Gasteiger partial charge in [0.15, 0.2) is 5.82 Å². The fraction of sp³-hybridized carbons (Fsp3) is 0.0833. The van der Waals surface area contributed by atoms with Crippen molar-refractivity contribution in [1.29, 1.82) is 0 Å². The average Bonchev–Trinajstić information content (AvgIpc) is 2.62. The Balaban J connectivity index is 2.83. The standard InChI is InChI=1S/C12H12N4O/c1-4-9-11(13-2)15(3)12(17)16(9)10-7-5-6-8-14-10/h4-8H,1-2H2,3H3. The summed E-state index contributed by atoms with van der Waals surface area (Å²) in [6.45, 7) is 7.15. The van der Waals surface area contributed by atoms with Crippen LogP contribution in [-0.4, -0.2) is 20.8 Å². The Hall–Kier alpha value is -2.43. The molecule has 17 heavy (non-hydrogen) atoms. The van der Waals surface area contributed by atoms with E-state index >= 15 is 0 Å². The summed E-state index contributed by atoms with van der Waals surface area (Å²) in [5, 5.41) is 0. The fourth-order valence-corrected chi connectivity index (χ4v) is 1.69. The maximum Gasteiger partial charge on any atom is 0.335 e. The van der Waals surface area contributed by atoms with Crippen molar-refractivity contribution in [2.24, 2.45) is 12.0 Å². The minimum atomic E-state index is -0.221. The van der Waals surface area contributed by atoms with E-state index in [1.807, 2.05) is 6.07 Å². The molecule has 0 amide bonds. The highest BCUT2D eigenvalue weighted by Gasteiger charge is 2.16. The molecule has 0 unspecified atom stereocenters. The zero-order chi connectivity index (χ0) is 12.4. The highest BCUT2D eigenvalue weighted by atomic mass is 16.1. The van der Waals surface area contributed by atoms with E-state index in [-0.39, 0.29) is 5.69 Å². The molecule has 2 heterocycles. The molecule has 2 aromatic rings. The van der Waals surface area contributed by atoms with Crippen molar-refractivity contribution >= 4 is 18.6 Å². The van der Waals surface area contributed by atoms with Gasteiger partial charge in [0.2, 0.25) is 0 Å². The predicted molar refractivity (Wildman–Crippen MR) is 68.1 cm³/mol. The van der Waals surface area contributed by atoms with Gasteiger partial charge in [-0.1, -0.05) is 12.6 Å². The van der Waals surface area contributed by atoms with Gasteiger partial charge < -0.3 is 0 Å². The Morgan fingerprint density at radius 3 is 2.76 bits per heavy atom. The van der Waals surface area contributed by atoms with Crippen molar-refractivity contribution in [2.75, 3.05) is 0 Å². The highest BCUT2D eigenvalue weighted by Crippen LogP contribution is 2.20. The smallest absolute Gasteiger partial charge is 0.279 e. The molecule has 0 aliphatic rings. The number of hydrogen-bond acceptors (Lipinski definition) is 3. The van der Waals surface area contributed by atoms with E-state index in [0.717, 1.165) is 0 Å². The van der Waals surface area contributed by atoms with E-state index in [0.29, 0.717) is 17.3 Å². The van der Waals surface area contributed by atoms with Crippen LogP contribution in [-0.2, 0) is 7.05 Å². The SMILES string of the molecule is C=Cc1c(N=C)n(C)c(=O)n1-c1ccccn1. The quantitative estimate of drug-likeness (QED) is 0.748. The van der Waals surface area contributed by atoms with Gasteiger partial charge in [-0.3, -0.25) is 4.57 Å². The lowest BCUT2D eigenvalue weighted by molar-refractivity contribution is 0.814. The van der Waals surface area contributed by atoms with Crippen LogP contribution >= 0.6 is 0 Å². The number of rotatable bonds is 3. The van der Waals surface area contributed by atoms with Gasteiger partial charge in [-0.15, -0.1) is 0 Å². The van der Waals surface area contributed by atoms with Gasteiger partial charge in [0.25, 0.3) is 0 Å². The maximum absolute atomic E-state index is 12.1. The van der Waals surface area contributed by atoms with E-state index in [9.17, 15) is 4.79 Å². The molecule has 0 spiro atoms. The van der Waals surface area contributed by atoms with Crippen molar-refractivity contribution in [3.63, 3.8) is 0 Å². The van der Waals surface area contributed by atoms with Crippen LogP contribution in [0.3, 0.4) is 0 Å². The molecule has 0 saturated carbocycles. The molecule has 2 aromatic heterocycles. The number of nitrogens with zero attached hydrogens (tertiary/aromatic N) is 4. The third-order valence-corrected chi connectivity index (χ3v) is 2.49. The van der Waals surface area contributed by atoms with Gasteiger partial charge in [-0.25, -0.2) is 19.3 Å². The van der Waals surface area contributed by atoms with Crippen LogP contribution in [0.2, 0.25) is 0 Å². The second kappa shape index (κ2) is 4.21. The predicted octanol–water partition coefficient (Wildman–Crippen LogP) is 1.55. The minimum Gasteiger partial charge on any atom is -0.279 e. The number of aliphatic imine (C=N–C) groups is 1. The van der Waals surface area contributed by atoms with Crippen molar-refractivity contribution in [3.05, 3.63) is 47.2 Å². The molecule has 5 nitrogen and oxygen atoms in total. The Morgan fingerprint density at radius 2 is 2.24 bits per heavy atom. The van der Waals surface area contributed by atoms with Gasteiger partial charge in [0.05, 0.1) is 5.69 Å². The van der Waals surface area contributed by atoms with Gasteiger partial charge in [0.1, 0.15) is 5.82 Å². The molecule has 0 radical (unpaired) electrons. The van der Waals surface area contributed by atoms with Crippen LogP contribution in [0.5, 0.6) is 0 Å². The summed E-state index contributed by atoms with van der Waals surface area (Å²) >= 11 is 0. The van der Waals surface area contributed by atoms with Gasteiger partial charge in [0, 0.05) is 13.2 Å². The first-order valence-electron chi connectivity index (χ1n) is 5.03. The first-order valence-corrected chi connectivity index (χ1v) is 5.03. The monoisotopic (exact) mass is 228 g/mol. The largest absolute Gasteiger partial charge is 0.335 e. The second-order valence-corrected chi connectivity index (χ2v) is 3.44. The van der Waals surface area contributed by atoms with E-state index < -0.39 is 0 Å². The van der Waals surface area contributed by atoms with E-state index in [2.05, 4.69) is 23.3 Å².